The molecule has 0 atom stereocenters. The predicted octanol–water partition coefficient (Wildman–Crippen LogP) is 3.03. The second-order valence-electron chi connectivity index (χ2n) is 4.26. The Labute approximate surface area is 131 Å². The lowest BCUT2D eigenvalue weighted by molar-refractivity contribution is 0.105. The van der Waals surface area contributed by atoms with Gasteiger partial charge in [-0.1, -0.05) is 29.8 Å². The van der Waals surface area contributed by atoms with Crippen molar-refractivity contribution in [2.45, 2.75) is 11.3 Å². The first-order chi connectivity index (χ1) is 9.86. The maximum Gasteiger partial charge on any atom is 0.238 e. The lowest BCUT2D eigenvalue weighted by Crippen LogP contribution is -2.11. The molecular formula is C14H12ClNO3S2. The number of sulfonamides is 1. The third kappa shape index (κ3) is 4.50. The Hall–Kier alpha value is -1.47. The molecule has 7 heteroatoms. The molecule has 0 saturated heterocycles. The molecule has 0 aliphatic heterocycles. The molecule has 0 saturated carbocycles. The largest absolute Gasteiger partial charge is 0.288 e. The van der Waals surface area contributed by atoms with E-state index in [4.69, 9.17) is 16.7 Å². The summed E-state index contributed by atoms with van der Waals surface area (Å²) in [5, 5.41) is 5.02. The second-order valence-corrected chi connectivity index (χ2v) is 7.54. The highest BCUT2D eigenvalue weighted by molar-refractivity contribution is 7.89. The number of thiophene rings is 1. The van der Waals surface area contributed by atoms with Gasteiger partial charge < -0.3 is 0 Å². The van der Waals surface area contributed by atoms with Gasteiger partial charge in [-0.15, -0.1) is 11.3 Å². The standard InChI is InChI=1S/C14H12ClNO3S2/c15-14-9-8-13(20-14)12(17)3-1-2-10-4-6-11(7-5-10)21(16,18)19/h1,3-9H,2H2,(H2,16,18,19)/b3-1+. The van der Waals surface area contributed by atoms with Crippen molar-refractivity contribution in [3.63, 3.8) is 0 Å². The zero-order valence-corrected chi connectivity index (χ0v) is 13.2. The molecule has 1 aromatic heterocycles. The van der Waals surface area contributed by atoms with Gasteiger partial charge >= 0.3 is 0 Å². The molecule has 21 heavy (non-hydrogen) atoms. The number of rotatable bonds is 5. The van der Waals surface area contributed by atoms with Crippen LogP contribution in [0.15, 0.2) is 53.4 Å². The molecule has 2 aromatic rings. The number of hydrogen-bond donors (Lipinski definition) is 1. The van der Waals surface area contributed by atoms with Crippen molar-refractivity contribution in [3.8, 4) is 0 Å². The highest BCUT2D eigenvalue weighted by Crippen LogP contribution is 2.22. The van der Waals surface area contributed by atoms with Crippen LogP contribution < -0.4 is 5.14 Å². The van der Waals surface area contributed by atoms with E-state index >= 15 is 0 Å². The molecule has 0 aliphatic rings. The predicted molar refractivity (Wildman–Crippen MR) is 84.3 cm³/mol. The van der Waals surface area contributed by atoms with Crippen LogP contribution >= 0.6 is 22.9 Å². The Kier molecular flexibility index (Phi) is 4.95. The van der Waals surface area contributed by atoms with Gasteiger partial charge in [0.25, 0.3) is 0 Å². The fraction of sp³-hybridized carbons (Fsp3) is 0.0714. The number of primary sulfonamides is 1. The van der Waals surface area contributed by atoms with Crippen LogP contribution in [0.3, 0.4) is 0 Å². The second kappa shape index (κ2) is 6.53. The van der Waals surface area contributed by atoms with Crippen LogP contribution in [0.5, 0.6) is 0 Å². The van der Waals surface area contributed by atoms with Crippen LogP contribution in [0, 0.1) is 0 Å². The summed E-state index contributed by atoms with van der Waals surface area (Å²) in [7, 11) is -3.67. The molecule has 1 aromatic carbocycles. The Bertz CT molecular complexity index is 777. The summed E-state index contributed by atoms with van der Waals surface area (Å²) >= 11 is 7.00. The molecule has 0 unspecified atom stereocenters. The number of benzene rings is 1. The Balaban J connectivity index is 2.00. The van der Waals surface area contributed by atoms with Gasteiger partial charge in [-0.05, 0) is 42.3 Å². The molecular weight excluding hydrogens is 330 g/mol. The maximum absolute atomic E-state index is 11.8. The molecule has 0 radical (unpaired) electrons. The van der Waals surface area contributed by atoms with Crippen molar-refractivity contribution in [2.24, 2.45) is 5.14 Å². The van der Waals surface area contributed by atoms with E-state index in [0.29, 0.717) is 15.6 Å². The minimum Gasteiger partial charge on any atom is -0.288 e. The monoisotopic (exact) mass is 341 g/mol. The first-order valence-electron chi connectivity index (χ1n) is 5.94. The van der Waals surface area contributed by atoms with Gasteiger partial charge in [-0.25, -0.2) is 13.6 Å². The highest BCUT2D eigenvalue weighted by Gasteiger charge is 2.07. The van der Waals surface area contributed by atoms with Crippen LogP contribution in [-0.4, -0.2) is 14.2 Å². The van der Waals surface area contributed by atoms with E-state index in [2.05, 4.69) is 0 Å². The van der Waals surface area contributed by atoms with Gasteiger partial charge in [0.1, 0.15) is 0 Å². The summed E-state index contributed by atoms with van der Waals surface area (Å²) in [6, 6.07) is 9.58. The van der Waals surface area contributed by atoms with E-state index in [9.17, 15) is 13.2 Å². The van der Waals surface area contributed by atoms with E-state index in [1.54, 1.807) is 30.3 Å². The molecule has 2 rings (SSSR count). The van der Waals surface area contributed by atoms with E-state index < -0.39 is 10.0 Å². The van der Waals surface area contributed by atoms with Crippen molar-refractivity contribution in [2.75, 3.05) is 0 Å². The molecule has 0 amide bonds. The van der Waals surface area contributed by atoms with Gasteiger partial charge in [0.15, 0.2) is 5.78 Å². The molecule has 0 spiro atoms. The summed E-state index contributed by atoms with van der Waals surface area (Å²) in [5.74, 6) is -0.104. The van der Waals surface area contributed by atoms with Crippen molar-refractivity contribution >= 4 is 38.7 Å². The molecule has 0 fully saturated rings. The van der Waals surface area contributed by atoms with Gasteiger partial charge in [0.05, 0.1) is 14.1 Å². The molecule has 1 heterocycles. The molecule has 0 bridgehead atoms. The number of halogens is 1. The van der Waals surface area contributed by atoms with E-state index in [0.717, 1.165) is 5.56 Å². The van der Waals surface area contributed by atoms with Crippen molar-refractivity contribution in [3.05, 3.63) is 63.3 Å². The number of ketones is 1. The average Bonchev–Trinajstić information content (AvgIpc) is 2.85. The fourth-order valence-corrected chi connectivity index (χ4v) is 3.12. The summed E-state index contributed by atoms with van der Waals surface area (Å²) in [5.41, 5.74) is 0.885. The van der Waals surface area contributed by atoms with Crippen molar-refractivity contribution < 1.29 is 13.2 Å². The summed E-state index contributed by atoms with van der Waals surface area (Å²) < 4.78 is 22.8. The van der Waals surface area contributed by atoms with E-state index in [-0.39, 0.29) is 10.7 Å². The van der Waals surface area contributed by atoms with Crippen LogP contribution in [0.1, 0.15) is 15.2 Å². The number of carbonyl (C=O) groups is 1. The van der Waals surface area contributed by atoms with Crippen LogP contribution in [-0.2, 0) is 16.4 Å². The van der Waals surface area contributed by atoms with Crippen LogP contribution in [0.25, 0.3) is 0 Å². The topological polar surface area (TPSA) is 77.2 Å². The van der Waals surface area contributed by atoms with Gasteiger partial charge in [0.2, 0.25) is 10.0 Å². The van der Waals surface area contributed by atoms with Gasteiger partial charge in [0, 0.05) is 0 Å². The molecule has 4 nitrogen and oxygen atoms in total. The smallest absolute Gasteiger partial charge is 0.238 e. The Morgan fingerprint density at radius 1 is 1.19 bits per heavy atom. The Morgan fingerprint density at radius 2 is 1.86 bits per heavy atom. The highest BCUT2D eigenvalue weighted by atomic mass is 35.5. The van der Waals surface area contributed by atoms with Gasteiger partial charge in [-0.2, -0.15) is 0 Å². The minimum atomic E-state index is -3.67. The number of carbonyl (C=O) groups excluding carboxylic acids is 1. The zero-order valence-electron chi connectivity index (χ0n) is 10.8. The lowest BCUT2D eigenvalue weighted by atomic mass is 10.1. The molecule has 2 N–H and O–H groups in total. The zero-order chi connectivity index (χ0) is 15.5. The van der Waals surface area contributed by atoms with E-state index in [1.807, 2.05) is 0 Å². The number of nitrogens with two attached hydrogens (primary N) is 1. The van der Waals surface area contributed by atoms with Gasteiger partial charge in [-0.3, -0.25) is 4.79 Å². The number of hydrogen-bond acceptors (Lipinski definition) is 4. The molecule has 110 valence electrons. The molecule has 0 aliphatic carbocycles. The van der Waals surface area contributed by atoms with E-state index in [1.165, 1.54) is 29.5 Å². The SMILES string of the molecule is NS(=O)(=O)c1ccc(C/C=C/C(=O)c2ccc(Cl)s2)cc1. The van der Waals surface area contributed by atoms with Crippen LogP contribution in [0.2, 0.25) is 4.34 Å². The first kappa shape index (κ1) is 15.9. The van der Waals surface area contributed by atoms with Crippen LogP contribution in [0.4, 0.5) is 0 Å². The third-order valence-electron chi connectivity index (χ3n) is 2.69. The maximum atomic E-state index is 11.8. The third-order valence-corrected chi connectivity index (χ3v) is 4.87. The normalized spacial score (nSPS) is 11.9. The minimum absolute atomic E-state index is 0.0690. The first-order valence-corrected chi connectivity index (χ1v) is 8.68. The summed E-state index contributed by atoms with van der Waals surface area (Å²) in [6.45, 7) is 0. The van der Waals surface area contributed by atoms with Crippen molar-refractivity contribution in [1.29, 1.82) is 0 Å². The summed E-state index contributed by atoms with van der Waals surface area (Å²) in [4.78, 5) is 12.5. The quantitative estimate of drug-likeness (QED) is 0.670. The van der Waals surface area contributed by atoms with Crippen molar-refractivity contribution in [1.82, 2.24) is 0 Å². The average molecular weight is 342 g/mol. The lowest BCUT2D eigenvalue weighted by Gasteiger charge is -1.99. The Morgan fingerprint density at radius 3 is 2.38 bits per heavy atom. The fourth-order valence-electron chi connectivity index (χ4n) is 1.65. The summed E-state index contributed by atoms with van der Waals surface area (Å²) in [6.07, 6.45) is 3.73. The number of allylic oxidation sites excluding steroid dienone is 2.